The van der Waals surface area contributed by atoms with E-state index in [2.05, 4.69) is 55.7 Å². The largest absolute Gasteiger partial charge is 0.392 e. The van der Waals surface area contributed by atoms with Gasteiger partial charge >= 0.3 is 0 Å². The van der Waals surface area contributed by atoms with E-state index in [-0.39, 0.29) is 47.9 Å². The molecule has 2 atom stereocenters. The monoisotopic (exact) mass is 947 g/mol. The van der Waals surface area contributed by atoms with Gasteiger partial charge in [-0.05, 0) is 104 Å². The third kappa shape index (κ3) is 7.82. The normalized spacial score (nSPS) is 21.6. The number of carbonyl (C=O) groups excluding carboxylic acids is 5. The van der Waals surface area contributed by atoms with Gasteiger partial charge in [0.2, 0.25) is 11.8 Å². The van der Waals surface area contributed by atoms with Crippen LogP contribution < -0.4 is 30.9 Å². The summed E-state index contributed by atoms with van der Waals surface area (Å²) in [6.45, 7) is 11.6. The minimum absolute atomic E-state index is 0.0781. The Morgan fingerprint density at radius 1 is 0.814 bits per heavy atom. The predicted octanol–water partition coefficient (Wildman–Crippen LogP) is 4.25. The van der Waals surface area contributed by atoms with Gasteiger partial charge in [0.05, 0.1) is 29.6 Å². The van der Waals surface area contributed by atoms with Gasteiger partial charge < -0.3 is 29.4 Å². The maximum Gasteiger partial charge on any atom is 0.276 e. The fourth-order valence-electron chi connectivity index (χ4n) is 11.8. The van der Waals surface area contributed by atoms with Gasteiger partial charge in [0.25, 0.3) is 23.3 Å². The second-order valence-corrected chi connectivity index (χ2v) is 20.5. The molecule has 1 aromatic carbocycles. The van der Waals surface area contributed by atoms with Crippen LogP contribution in [0.25, 0.3) is 11.1 Å². The minimum atomic E-state index is -0.993. The highest BCUT2D eigenvalue weighted by atomic mass is 16.3. The van der Waals surface area contributed by atoms with Crippen molar-refractivity contribution in [1.82, 2.24) is 34.2 Å². The van der Waals surface area contributed by atoms with E-state index >= 15 is 0 Å². The number of nitrogens with one attached hydrogen (secondary N) is 2. The number of benzene rings is 1. The molecule has 0 bridgehead atoms. The molecule has 18 heteroatoms. The van der Waals surface area contributed by atoms with E-state index in [1.54, 1.807) is 48.6 Å². The summed E-state index contributed by atoms with van der Waals surface area (Å²) in [6.07, 6.45) is 9.16. The molecule has 0 spiro atoms. The van der Waals surface area contributed by atoms with Crippen LogP contribution in [-0.2, 0) is 42.6 Å². The number of nitrogens with zero attached hydrogens (tertiary/aromatic N) is 9. The predicted molar refractivity (Wildman–Crippen MR) is 262 cm³/mol. The molecule has 362 valence electrons. The molecule has 3 fully saturated rings. The average molecular weight is 948 g/mol. The fourth-order valence-corrected chi connectivity index (χ4v) is 11.8. The summed E-state index contributed by atoms with van der Waals surface area (Å²) >= 11 is 0. The van der Waals surface area contributed by atoms with Crippen LogP contribution in [0.4, 0.5) is 28.7 Å². The number of aryl methyl sites for hydroxylation is 1. The maximum atomic E-state index is 14.0. The van der Waals surface area contributed by atoms with Crippen molar-refractivity contribution < 1.29 is 29.1 Å². The number of pyridine rings is 3. The first-order valence-electron chi connectivity index (χ1n) is 24.3. The number of piperidine rings is 2. The van der Waals surface area contributed by atoms with Crippen LogP contribution >= 0.6 is 0 Å². The molecule has 6 aliphatic rings. The standard InChI is InChI=1S/C52H57N11O7/c1-30-27-59(33-12-15-58(16-13-33)34-5-7-37-38(23-34)49(68)63(48(37)67)41-8-10-45(65)56-47(41)66)17-18-60(30)35-6-9-44(54-26-35)55-40-21-32(28-57(4)50(40)69)36-11-14-53-46(39(36)29-64)62-20-19-61-42(51(62)70)22-31-24-52(2,3)25-43(31)61/h5-7,9,11,14,21-23,26,28,30,33,41,64H,8,10,12-13,15-20,24-25,27,29H2,1-4H3,(H,54,55)(H,56,65,66)/t30-,41?/m0/s1. The van der Waals surface area contributed by atoms with E-state index < -0.39 is 29.7 Å². The van der Waals surface area contributed by atoms with Crippen molar-refractivity contribution in [3.63, 3.8) is 0 Å². The number of rotatable bonds is 9. The summed E-state index contributed by atoms with van der Waals surface area (Å²) < 4.78 is 3.66. The van der Waals surface area contributed by atoms with Crippen LogP contribution in [0.3, 0.4) is 0 Å². The number of hydrogen-bond donors (Lipinski definition) is 3. The summed E-state index contributed by atoms with van der Waals surface area (Å²) in [5.41, 5.74) is 7.66. The van der Waals surface area contributed by atoms with Gasteiger partial charge in [-0.15, -0.1) is 0 Å². The number of piperazine rings is 1. The lowest BCUT2D eigenvalue weighted by atomic mass is 9.90. The van der Waals surface area contributed by atoms with Crippen LogP contribution in [-0.4, -0.2) is 121 Å². The SMILES string of the molecule is C[C@H]1CN(C2CCN(c3ccc4c(c3)C(=O)N(C3CCC(=O)NC3=O)C4=O)CC2)CCN1c1ccc(Nc2cc(-c3ccnc(N4CCn5c(cc6c5CC(C)(C)C6)C4=O)c3CO)cn(C)c2=O)nc1. The highest BCUT2D eigenvalue weighted by Gasteiger charge is 2.45. The van der Waals surface area contributed by atoms with Crippen molar-refractivity contribution in [1.29, 1.82) is 0 Å². The molecule has 1 unspecified atom stereocenters. The third-order valence-corrected chi connectivity index (χ3v) is 15.3. The minimum Gasteiger partial charge on any atom is -0.392 e. The van der Waals surface area contributed by atoms with Gasteiger partial charge in [-0.25, -0.2) is 9.97 Å². The molecule has 70 heavy (non-hydrogen) atoms. The van der Waals surface area contributed by atoms with Gasteiger partial charge in [-0.1, -0.05) is 13.8 Å². The number of hydrogen-bond acceptors (Lipinski definition) is 13. The van der Waals surface area contributed by atoms with Gasteiger partial charge in [-0.2, -0.15) is 0 Å². The Balaban J connectivity index is 0.718. The fraction of sp³-hybridized carbons (Fsp3) is 0.423. The molecule has 11 rings (SSSR count). The number of anilines is 5. The molecular weight excluding hydrogens is 891 g/mol. The number of aliphatic hydroxyl groups is 1. The summed E-state index contributed by atoms with van der Waals surface area (Å²) in [4.78, 5) is 97.6. The lowest BCUT2D eigenvalue weighted by Gasteiger charge is -2.46. The molecule has 4 aromatic heterocycles. The zero-order valence-corrected chi connectivity index (χ0v) is 39.9. The average Bonchev–Trinajstić information content (AvgIpc) is 3.94. The van der Waals surface area contributed by atoms with E-state index in [0.717, 1.165) is 74.7 Å². The summed E-state index contributed by atoms with van der Waals surface area (Å²) in [6, 6.07) is 14.4. The maximum absolute atomic E-state index is 14.0. The molecule has 3 saturated heterocycles. The zero-order chi connectivity index (χ0) is 48.7. The van der Waals surface area contributed by atoms with E-state index in [4.69, 9.17) is 4.98 Å². The summed E-state index contributed by atoms with van der Waals surface area (Å²) in [5, 5.41) is 16.3. The molecular formula is C52H57N11O7. The molecule has 3 N–H and O–H groups in total. The van der Waals surface area contributed by atoms with Crippen molar-refractivity contribution in [2.45, 2.75) is 90.6 Å². The Labute approximate surface area is 404 Å². The first kappa shape index (κ1) is 45.3. The Hall–Kier alpha value is -7.18. The van der Waals surface area contributed by atoms with Gasteiger partial charge in [0, 0.05) is 106 Å². The first-order chi connectivity index (χ1) is 33.7. The van der Waals surface area contributed by atoms with Crippen LogP contribution in [0.1, 0.15) is 94.5 Å². The number of aliphatic hydroxyl groups excluding tert-OH is 1. The molecule has 5 aliphatic heterocycles. The second kappa shape index (κ2) is 17.3. The highest BCUT2D eigenvalue weighted by molar-refractivity contribution is 6.23. The first-order valence-corrected chi connectivity index (χ1v) is 24.3. The molecule has 0 saturated carbocycles. The van der Waals surface area contributed by atoms with Crippen molar-refractivity contribution >= 4 is 58.2 Å². The third-order valence-electron chi connectivity index (χ3n) is 15.3. The molecule has 0 radical (unpaired) electrons. The van der Waals surface area contributed by atoms with Crippen molar-refractivity contribution in [2.75, 3.05) is 59.3 Å². The van der Waals surface area contributed by atoms with Crippen molar-refractivity contribution in [3.05, 3.63) is 111 Å². The number of amides is 5. The Bertz CT molecular complexity index is 3060. The lowest BCUT2D eigenvalue weighted by molar-refractivity contribution is -0.136. The Kier molecular flexibility index (Phi) is 11.2. The topological polar surface area (TPSA) is 199 Å². The van der Waals surface area contributed by atoms with Crippen LogP contribution in [0.15, 0.2) is 71.9 Å². The van der Waals surface area contributed by atoms with Gasteiger partial charge in [-0.3, -0.25) is 48.8 Å². The van der Waals surface area contributed by atoms with Crippen LogP contribution in [0, 0.1) is 5.41 Å². The van der Waals surface area contributed by atoms with E-state index in [9.17, 15) is 33.9 Å². The summed E-state index contributed by atoms with van der Waals surface area (Å²) in [5.74, 6) is -1.24. The number of aromatic nitrogens is 4. The van der Waals surface area contributed by atoms with E-state index in [0.29, 0.717) is 64.4 Å². The van der Waals surface area contributed by atoms with Crippen molar-refractivity contribution in [3.8, 4) is 11.1 Å². The second-order valence-electron chi connectivity index (χ2n) is 20.5. The smallest absolute Gasteiger partial charge is 0.276 e. The van der Waals surface area contributed by atoms with E-state index in [1.807, 2.05) is 30.5 Å². The quantitative estimate of drug-likeness (QED) is 0.178. The molecule has 9 heterocycles. The Morgan fingerprint density at radius 3 is 2.34 bits per heavy atom. The van der Waals surface area contributed by atoms with E-state index in [1.165, 1.54) is 15.8 Å². The molecule has 18 nitrogen and oxygen atoms in total. The summed E-state index contributed by atoms with van der Waals surface area (Å²) in [7, 11) is 1.68. The Morgan fingerprint density at radius 2 is 1.60 bits per heavy atom. The van der Waals surface area contributed by atoms with Crippen molar-refractivity contribution in [2.24, 2.45) is 12.5 Å². The van der Waals surface area contributed by atoms with Gasteiger partial charge in [0.15, 0.2) is 0 Å². The zero-order valence-electron chi connectivity index (χ0n) is 39.9. The number of imide groups is 2. The van der Waals surface area contributed by atoms with Gasteiger partial charge in [0.1, 0.15) is 29.1 Å². The lowest BCUT2D eigenvalue weighted by Crippen LogP contribution is -2.57. The number of carbonyl (C=O) groups is 5. The van der Waals surface area contributed by atoms with Crippen LogP contribution in [0.2, 0.25) is 0 Å². The molecule has 1 aliphatic carbocycles. The highest BCUT2D eigenvalue weighted by Crippen LogP contribution is 2.41. The molecule has 5 amide bonds. The van der Waals surface area contributed by atoms with Crippen LogP contribution in [0.5, 0.6) is 0 Å². The molecule has 5 aromatic rings. The number of fused-ring (bicyclic) bond motifs is 4.